The van der Waals surface area contributed by atoms with Gasteiger partial charge in [0.15, 0.2) is 0 Å². The van der Waals surface area contributed by atoms with Crippen LogP contribution in [-0.4, -0.2) is 18.3 Å². The Morgan fingerprint density at radius 1 is 1.47 bits per heavy atom. The molecule has 0 aliphatic heterocycles. The van der Waals surface area contributed by atoms with E-state index in [1.807, 2.05) is 12.1 Å². The van der Waals surface area contributed by atoms with Gasteiger partial charge in [-0.1, -0.05) is 37.1 Å². The van der Waals surface area contributed by atoms with Crippen molar-refractivity contribution in [2.75, 3.05) is 7.11 Å². The first-order valence-electron chi connectivity index (χ1n) is 5.15. The van der Waals surface area contributed by atoms with E-state index in [9.17, 15) is 5.11 Å². The molecule has 0 saturated carbocycles. The predicted octanol–water partition coefficient (Wildman–Crippen LogP) is 3.19. The summed E-state index contributed by atoms with van der Waals surface area (Å²) in [7, 11) is 1.62. The van der Waals surface area contributed by atoms with E-state index in [1.54, 1.807) is 19.2 Å². The second-order valence-electron chi connectivity index (χ2n) is 3.56. The fraction of sp³-hybridized carbons (Fsp3) is 0.500. The first kappa shape index (κ1) is 12.5. The number of hydrogen-bond donors (Lipinski definition) is 1. The monoisotopic (exact) mass is 228 g/mol. The molecule has 0 spiro atoms. The van der Waals surface area contributed by atoms with Crippen LogP contribution in [0, 0.1) is 0 Å². The van der Waals surface area contributed by atoms with E-state index >= 15 is 0 Å². The van der Waals surface area contributed by atoms with Gasteiger partial charge in [-0.3, -0.25) is 0 Å². The summed E-state index contributed by atoms with van der Waals surface area (Å²) in [6.45, 7) is 2.07. The lowest BCUT2D eigenvalue weighted by Gasteiger charge is -2.21. The molecule has 3 heteroatoms. The Bertz CT molecular complexity index is 301. The Morgan fingerprint density at radius 3 is 2.73 bits per heavy atom. The highest BCUT2D eigenvalue weighted by Crippen LogP contribution is 2.24. The van der Waals surface area contributed by atoms with E-state index in [4.69, 9.17) is 16.3 Å². The molecular formula is C12H17ClO2. The van der Waals surface area contributed by atoms with Gasteiger partial charge in [0.05, 0.1) is 6.10 Å². The van der Waals surface area contributed by atoms with Crippen LogP contribution in [0.25, 0.3) is 0 Å². The molecule has 0 saturated heterocycles. The van der Waals surface area contributed by atoms with Gasteiger partial charge in [-0.2, -0.15) is 0 Å². The zero-order valence-electron chi connectivity index (χ0n) is 9.11. The lowest BCUT2D eigenvalue weighted by Crippen LogP contribution is -2.20. The molecule has 1 rings (SSSR count). The first-order chi connectivity index (χ1) is 7.19. The van der Waals surface area contributed by atoms with E-state index in [2.05, 4.69) is 6.92 Å². The summed E-state index contributed by atoms with van der Waals surface area (Å²) in [6.07, 6.45) is 1.06. The second kappa shape index (κ2) is 6.11. The maximum atomic E-state index is 10.1. The third-order valence-corrected chi connectivity index (χ3v) is 2.65. The van der Waals surface area contributed by atoms with Crippen molar-refractivity contribution in [1.29, 1.82) is 0 Å². The van der Waals surface area contributed by atoms with Crippen molar-refractivity contribution in [2.45, 2.75) is 32.0 Å². The maximum Gasteiger partial charge on any atom is 0.105 e. The predicted molar refractivity (Wildman–Crippen MR) is 62.1 cm³/mol. The van der Waals surface area contributed by atoms with Crippen molar-refractivity contribution < 1.29 is 9.84 Å². The third kappa shape index (κ3) is 3.49. The SMILES string of the molecule is CCCC(OC)C(O)c1cccc(Cl)c1. The van der Waals surface area contributed by atoms with Crippen molar-refractivity contribution in [3.05, 3.63) is 34.9 Å². The molecule has 0 amide bonds. The van der Waals surface area contributed by atoms with Gasteiger partial charge in [-0.05, 0) is 24.1 Å². The molecule has 84 valence electrons. The fourth-order valence-electron chi connectivity index (χ4n) is 1.59. The highest BCUT2D eigenvalue weighted by atomic mass is 35.5. The van der Waals surface area contributed by atoms with Crippen LogP contribution in [0.15, 0.2) is 24.3 Å². The molecule has 1 aromatic rings. The summed E-state index contributed by atoms with van der Waals surface area (Å²) < 4.78 is 5.25. The van der Waals surface area contributed by atoms with Crippen molar-refractivity contribution in [3.8, 4) is 0 Å². The van der Waals surface area contributed by atoms with Gasteiger partial charge in [0.25, 0.3) is 0 Å². The molecule has 1 aromatic carbocycles. The molecule has 0 radical (unpaired) electrons. The van der Waals surface area contributed by atoms with E-state index in [0.717, 1.165) is 18.4 Å². The van der Waals surface area contributed by atoms with E-state index in [0.29, 0.717) is 5.02 Å². The third-order valence-electron chi connectivity index (χ3n) is 2.42. The minimum absolute atomic E-state index is 0.159. The van der Waals surface area contributed by atoms with Gasteiger partial charge in [0.1, 0.15) is 6.10 Å². The number of benzene rings is 1. The highest BCUT2D eigenvalue weighted by molar-refractivity contribution is 6.30. The lowest BCUT2D eigenvalue weighted by atomic mass is 10.0. The van der Waals surface area contributed by atoms with Crippen LogP contribution in [0.1, 0.15) is 31.4 Å². The Labute approximate surface area is 95.8 Å². The minimum Gasteiger partial charge on any atom is -0.386 e. The minimum atomic E-state index is -0.603. The molecule has 0 aliphatic carbocycles. The molecule has 0 bridgehead atoms. The summed E-state index contributed by atoms with van der Waals surface area (Å²) in [5.41, 5.74) is 0.808. The van der Waals surface area contributed by atoms with Crippen LogP contribution in [0.3, 0.4) is 0 Å². The summed E-state index contributed by atoms with van der Waals surface area (Å²) >= 11 is 5.86. The number of aliphatic hydroxyl groups is 1. The Hall–Kier alpha value is -0.570. The highest BCUT2D eigenvalue weighted by Gasteiger charge is 2.19. The van der Waals surface area contributed by atoms with Crippen molar-refractivity contribution in [3.63, 3.8) is 0 Å². The maximum absolute atomic E-state index is 10.1. The average molecular weight is 229 g/mol. The van der Waals surface area contributed by atoms with Gasteiger partial charge < -0.3 is 9.84 Å². The van der Waals surface area contributed by atoms with Crippen molar-refractivity contribution in [2.24, 2.45) is 0 Å². The Balaban J connectivity index is 2.77. The van der Waals surface area contributed by atoms with Gasteiger partial charge in [-0.25, -0.2) is 0 Å². The van der Waals surface area contributed by atoms with Crippen molar-refractivity contribution in [1.82, 2.24) is 0 Å². The number of rotatable bonds is 5. The second-order valence-corrected chi connectivity index (χ2v) is 4.00. The van der Waals surface area contributed by atoms with Crippen LogP contribution in [0.2, 0.25) is 5.02 Å². The van der Waals surface area contributed by atoms with Crippen LogP contribution in [-0.2, 0) is 4.74 Å². The van der Waals surface area contributed by atoms with Crippen molar-refractivity contribution >= 4 is 11.6 Å². The Kier molecular flexibility index (Phi) is 5.09. The normalized spacial score (nSPS) is 14.9. The summed E-state index contributed by atoms with van der Waals surface area (Å²) in [5.74, 6) is 0. The summed E-state index contributed by atoms with van der Waals surface area (Å²) in [5, 5.41) is 10.7. The zero-order valence-corrected chi connectivity index (χ0v) is 9.87. The number of halogens is 1. The molecule has 0 heterocycles. The molecule has 2 nitrogen and oxygen atoms in total. The zero-order chi connectivity index (χ0) is 11.3. The smallest absolute Gasteiger partial charge is 0.105 e. The van der Waals surface area contributed by atoms with Gasteiger partial charge >= 0.3 is 0 Å². The molecule has 0 fully saturated rings. The lowest BCUT2D eigenvalue weighted by molar-refractivity contribution is -0.0179. The van der Waals surface area contributed by atoms with Crippen LogP contribution in [0.5, 0.6) is 0 Å². The van der Waals surface area contributed by atoms with Gasteiger partial charge in [-0.15, -0.1) is 0 Å². The number of aliphatic hydroxyl groups excluding tert-OH is 1. The summed E-state index contributed by atoms with van der Waals surface area (Å²) in [4.78, 5) is 0. The average Bonchev–Trinajstić information content (AvgIpc) is 2.25. The number of methoxy groups -OCH3 is 1. The van der Waals surface area contributed by atoms with Gasteiger partial charge in [0, 0.05) is 12.1 Å². The van der Waals surface area contributed by atoms with Crippen LogP contribution < -0.4 is 0 Å². The number of hydrogen-bond acceptors (Lipinski definition) is 2. The Morgan fingerprint density at radius 2 is 2.20 bits per heavy atom. The van der Waals surface area contributed by atoms with E-state index in [-0.39, 0.29) is 6.10 Å². The number of ether oxygens (including phenoxy) is 1. The topological polar surface area (TPSA) is 29.5 Å². The quantitative estimate of drug-likeness (QED) is 0.839. The largest absolute Gasteiger partial charge is 0.386 e. The molecule has 0 aliphatic rings. The summed E-state index contributed by atoms with van der Waals surface area (Å²) in [6, 6.07) is 7.26. The molecular weight excluding hydrogens is 212 g/mol. The van der Waals surface area contributed by atoms with E-state index < -0.39 is 6.10 Å². The molecule has 2 atom stereocenters. The molecule has 0 aromatic heterocycles. The standard InChI is InChI=1S/C12H17ClO2/c1-3-5-11(15-2)12(14)9-6-4-7-10(13)8-9/h4,6-8,11-12,14H,3,5H2,1-2H3. The van der Waals surface area contributed by atoms with Gasteiger partial charge in [0.2, 0.25) is 0 Å². The van der Waals surface area contributed by atoms with Crippen LogP contribution >= 0.6 is 11.6 Å². The molecule has 2 unspecified atom stereocenters. The molecule has 1 N–H and O–H groups in total. The molecule has 15 heavy (non-hydrogen) atoms. The first-order valence-corrected chi connectivity index (χ1v) is 5.53. The fourth-order valence-corrected chi connectivity index (χ4v) is 1.79. The van der Waals surface area contributed by atoms with Crippen LogP contribution in [0.4, 0.5) is 0 Å². The van der Waals surface area contributed by atoms with E-state index in [1.165, 1.54) is 0 Å².